The average molecular weight is 418 g/mol. The van der Waals surface area contributed by atoms with Crippen LogP contribution in [0, 0.1) is 21.7 Å². The van der Waals surface area contributed by atoms with Crippen molar-refractivity contribution in [1.82, 2.24) is 0 Å². The van der Waals surface area contributed by atoms with E-state index in [1.807, 2.05) is 0 Å². The Morgan fingerprint density at radius 3 is 2.24 bits per heavy atom. The number of benzene rings is 3. The van der Waals surface area contributed by atoms with Crippen LogP contribution in [0.5, 0.6) is 0 Å². The molecule has 11 heteroatoms. The highest BCUT2D eigenvalue weighted by Gasteiger charge is 2.26. The molecule has 0 unspecified atom stereocenters. The van der Waals surface area contributed by atoms with E-state index in [9.17, 15) is 27.3 Å². The van der Waals surface area contributed by atoms with Crippen LogP contribution in [0.4, 0.5) is 31.5 Å². The lowest BCUT2D eigenvalue weighted by molar-refractivity contribution is -0.387. The normalized spacial score (nSPS) is 11.5. The number of nitro groups is 1. The van der Waals surface area contributed by atoms with Gasteiger partial charge in [-0.15, -0.1) is 5.11 Å². The number of para-hydroxylation sites is 1. The summed E-state index contributed by atoms with van der Waals surface area (Å²) in [5.74, 6) is -1.23. The second-order valence-electron chi connectivity index (χ2n) is 5.67. The minimum absolute atomic E-state index is 0.0436. The monoisotopic (exact) mass is 418 g/mol. The maximum Gasteiger partial charge on any atom is 0.289 e. The lowest BCUT2D eigenvalue weighted by Crippen LogP contribution is -2.15. The molecule has 0 aliphatic heterocycles. The van der Waals surface area contributed by atoms with Crippen molar-refractivity contribution in [1.29, 1.82) is 0 Å². The maximum atomic E-state index is 13.7. The molecule has 0 aromatic heterocycles. The summed E-state index contributed by atoms with van der Waals surface area (Å²) >= 11 is 0. The molecule has 0 amide bonds. The average Bonchev–Trinajstić information content (AvgIpc) is 2.68. The molecule has 8 nitrogen and oxygen atoms in total. The van der Waals surface area contributed by atoms with E-state index in [1.54, 1.807) is 0 Å². The smallest absolute Gasteiger partial charge is 0.277 e. The summed E-state index contributed by atoms with van der Waals surface area (Å²) in [4.78, 5) is 9.69. The van der Waals surface area contributed by atoms with Crippen LogP contribution in [0.25, 0.3) is 0 Å². The third kappa shape index (κ3) is 4.76. The van der Waals surface area contributed by atoms with Gasteiger partial charge in [0.25, 0.3) is 15.7 Å². The minimum atomic E-state index is -4.43. The van der Waals surface area contributed by atoms with Crippen molar-refractivity contribution in [2.75, 3.05) is 4.72 Å². The summed E-state index contributed by atoms with van der Waals surface area (Å²) in [5, 5.41) is 18.8. The molecule has 29 heavy (non-hydrogen) atoms. The molecule has 0 heterocycles. The van der Waals surface area contributed by atoms with Gasteiger partial charge in [0.1, 0.15) is 17.3 Å². The summed E-state index contributed by atoms with van der Waals surface area (Å²) < 4.78 is 54.0. The number of hydrogen-bond acceptors (Lipinski definition) is 6. The molecule has 0 saturated heterocycles. The highest BCUT2D eigenvalue weighted by Crippen LogP contribution is 2.32. The zero-order valence-electron chi connectivity index (χ0n) is 14.5. The Bertz CT molecular complexity index is 1200. The van der Waals surface area contributed by atoms with Crippen molar-refractivity contribution in [2.24, 2.45) is 10.2 Å². The number of halogens is 2. The topological polar surface area (TPSA) is 114 Å². The Morgan fingerprint density at radius 1 is 0.897 bits per heavy atom. The number of anilines is 1. The fourth-order valence-corrected chi connectivity index (χ4v) is 3.57. The zero-order valence-corrected chi connectivity index (χ0v) is 15.3. The van der Waals surface area contributed by atoms with Gasteiger partial charge in [-0.05, 0) is 42.5 Å². The van der Waals surface area contributed by atoms with Crippen LogP contribution in [0.3, 0.4) is 0 Å². The number of nitrogens with zero attached hydrogens (tertiary/aromatic N) is 3. The molecule has 0 saturated carbocycles. The fourth-order valence-electron chi connectivity index (χ4n) is 2.33. The van der Waals surface area contributed by atoms with Crippen molar-refractivity contribution in [2.45, 2.75) is 4.90 Å². The van der Waals surface area contributed by atoms with Gasteiger partial charge in [-0.1, -0.05) is 12.1 Å². The SMILES string of the molecule is O=[N+]([O-])c1ccccc1S(=O)(=O)Nc1cc(F)ccc1N=Nc1ccc(F)cc1. The molecule has 3 rings (SSSR count). The van der Waals surface area contributed by atoms with E-state index < -0.39 is 37.2 Å². The molecule has 0 atom stereocenters. The second-order valence-corrected chi connectivity index (χ2v) is 7.32. The molecule has 0 bridgehead atoms. The van der Waals surface area contributed by atoms with E-state index in [2.05, 4.69) is 15.0 Å². The number of azo groups is 1. The van der Waals surface area contributed by atoms with Gasteiger partial charge < -0.3 is 0 Å². The Labute approximate surface area is 163 Å². The number of nitrogens with one attached hydrogen (secondary N) is 1. The Kier molecular flexibility index (Phi) is 5.59. The van der Waals surface area contributed by atoms with Gasteiger partial charge in [0, 0.05) is 12.1 Å². The van der Waals surface area contributed by atoms with Crippen molar-refractivity contribution in [3.05, 3.63) is 88.5 Å². The van der Waals surface area contributed by atoms with Crippen LogP contribution < -0.4 is 4.72 Å². The molecule has 148 valence electrons. The van der Waals surface area contributed by atoms with Crippen molar-refractivity contribution < 1.29 is 22.1 Å². The van der Waals surface area contributed by atoms with Crippen LogP contribution in [-0.4, -0.2) is 13.3 Å². The first kappa shape index (κ1) is 20.0. The Hall–Kier alpha value is -3.73. The lowest BCUT2D eigenvalue weighted by atomic mass is 10.3. The largest absolute Gasteiger partial charge is 0.289 e. The molecule has 0 fully saturated rings. The molecule has 0 radical (unpaired) electrons. The second kappa shape index (κ2) is 8.10. The van der Waals surface area contributed by atoms with Crippen molar-refractivity contribution >= 4 is 32.8 Å². The highest BCUT2D eigenvalue weighted by atomic mass is 32.2. The Morgan fingerprint density at radius 2 is 1.55 bits per heavy atom. The van der Waals surface area contributed by atoms with Gasteiger partial charge in [-0.25, -0.2) is 17.2 Å². The molecule has 0 aliphatic carbocycles. The quantitative estimate of drug-likeness (QED) is 0.341. The molecule has 3 aromatic carbocycles. The summed E-state index contributed by atoms with van der Waals surface area (Å²) in [6, 6.07) is 12.8. The predicted molar refractivity (Wildman–Crippen MR) is 101 cm³/mol. The van der Waals surface area contributed by atoms with E-state index in [-0.39, 0.29) is 17.1 Å². The molecule has 0 spiro atoms. The number of hydrogen-bond donors (Lipinski definition) is 1. The summed E-state index contributed by atoms with van der Waals surface area (Å²) in [7, 11) is -4.43. The molecular formula is C18H12F2N4O4S. The van der Waals surface area contributed by atoms with E-state index in [0.29, 0.717) is 0 Å². The van der Waals surface area contributed by atoms with Gasteiger partial charge in [-0.3, -0.25) is 14.8 Å². The van der Waals surface area contributed by atoms with Gasteiger partial charge >= 0.3 is 0 Å². The van der Waals surface area contributed by atoms with Crippen molar-refractivity contribution in [3.63, 3.8) is 0 Å². The van der Waals surface area contributed by atoms with Gasteiger partial charge in [-0.2, -0.15) is 5.11 Å². The number of sulfonamides is 1. The maximum absolute atomic E-state index is 13.7. The zero-order chi connectivity index (χ0) is 21.0. The lowest BCUT2D eigenvalue weighted by Gasteiger charge is -2.10. The van der Waals surface area contributed by atoms with Crippen LogP contribution in [-0.2, 0) is 10.0 Å². The minimum Gasteiger partial charge on any atom is -0.277 e. The molecular weight excluding hydrogens is 406 g/mol. The fraction of sp³-hybridized carbons (Fsp3) is 0. The third-order valence-corrected chi connectivity index (χ3v) is 5.07. The number of rotatable bonds is 6. The summed E-state index contributed by atoms with van der Waals surface area (Å²) in [6.07, 6.45) is 0. The van der Waals surface area contributed by atoms with E-state index in [0.717, 1.165) is 36.4 Å². The van der Waals surface area contributed by atoms with E-state index >= 15 is 0 Å². The summed E-state index contributed by atoms with van der Waals surface area (Å²) in [5.41, 5.74) is -0.666. The van der Waals surface area contributed by atoms with E-state index in [4.69, 9.17) is 0 Å². The van der Waals surface area contributed by atoms with Crippen LogP contribution in [0.2, 0.25) is 0 Å². The highest BCUT2D eigenvalue weighted by molar-refractivity contribution is 7.92. The van der Waals surface area contributed by atoms with Gasteiger partial charge in [0.15, 0.2) is 4.90 Å². The standard InChI is InChI=1S/C18H12F2N4O4S/c19-12-5-8-14(9-6-12)21-22-15-10-7-13(20)11-16(15)23-29(27,28)18-4-2-1-3-17(18)24(25)26/h1-11,23H. The first-order valence-corrected chi connectivity index (χ1v) is 9.48. The van der Waals surface area contributed by atoms with Crippen LogP contribution in [0.1, 0.15) is 0 Å². The van der Waals surface area contributed by atoms with Gasteiger partial charge in [0.05, 0.1) is 16.3 Å². The number of nitro benzene ring substituents is 1. The van der Waals surface area contributed by atoms with Crippen molar-refractivity contribution in [3.8, 4) is 0 Å². The molecule has 3 aromatic rings. The predicted octanol–water partition coefficient (Wildman–Crippen LogP) is 5.09. The van der Waals surface area contributed by atoms with Gasteiger partial charge in [0.2, 0.25) is 0 Å². The third-order valence-electron chi connectivity index (χ3n) is 3.65. The first-order chi connectivity index (χ1) is 13.8. The van der Waals surface area contributed by atoms with Crippen LogP contribution in [0.15, 0.2) is 81.9 Å². The first-order valence-electron chi connectivity index (χ1n) is 7.99. The Balaban J connectivity index is 1.98. The molecule has 0 aliphatic rings. The molecule has 1 N–H and O–H groups in total. The van der Waals surface area contributed by atoms with Crippen LogP contribution >= 0.6 is 0 Å². The summed E-state index contributed by atoms with van der Waals surface area (Å²) in [6.45, 7) is 0. The van der Waals surface area contributed by atoms with E-state index in [1.165, 1.54) is 30.3 Å².